The average molecular weight is 231 g/mol. The summed E-state index contributed by atoms with van der Waals surface area (Å²) in [5.74, 6) is 2.41. The maximum atomic E-state index is 5.88. The van der Waals surface area contributed by atoms with E-state index in [4.69, 9.17) is 5.73 Å². The van der Waals surface area contributed by atoms with E-state index in [9.17, 15) is 0 Å². The number of nitrogen functional groups attached to an aromatic ring is 1. The molecule has 0 saturated heterocycles. The second-order valence-electron chi connectivity index (χ2n) is 3.88. The molecule has 5 heteroatoms. The Morgan fingerprint density at radius 2 is 2.06 bits per heavy atom. The van der Waals surface area contributed by atoms with Crippen LogP contribution < -0.4 is 5.73 Å². The van der Waals surface area contributed by atoms with Crippen molar-refractivity contribution in [3.05, 3.63) is 30.1 Å². The number of hydrogen-bond donors (Lipinski definition) is 1. The van der Waals surface area contributed by atoms with E-state index in [-0.39, 0.29) is 0 Å². The number of anilines is 1. The first kappa shape index (κ1) is 11.6. The van der Waals surface area contributed by atoms with Gasteiger partial charge < -0.3 is 5.73 Å². The van der Waals surface area contributed by atoms with Crippen LogP contribution in [0.5, 0.6) is 0 Å². The van der Waals surface area contributed by atoms with Crippen LogP contribution in [0.3, 0.4) is 0 Å². The molecule has 2 aromatic rings. The average Bonchev–Trinajstić information content (AvgIpc) is 2.77. The largest absolute Gasteiger partial charge is 0.383 e. The van der Waals surface area contributed by atoms with E-state index in [0.717, 1.165) is 36.5 Å². The minimum atomic E-state index is 0.550. The monoisotopic (exact) mass is 231 g/mol. The molecule has 5 nitrogen and oxygen atoms in total. The maximum absolute atomic E-state index is 5.88. The molecule has 0 aliphatic carbocycles. The van der Waals surface area contributed by atoms with Crippen molar-refractivity contribution in [3.8, 4) is 5.82 Å². The van der Waals surface area contributed by atoms with Gasteiger partial charge in [0.25, 0.3) is 0 Å². The van der Waals surface area contributed by atoms with Gasteiger partial charge in [-0.25, -0.2) is 15.0 Å². The van der Waals surface area contributed by atoms with Crippen molar-refractivity contribution in [3.63, 3.8) is 0 Å². The Hall–Kier alpha value is -1.91. The highest BCUT2D eigenvalue weighted by atomic mass is 15.1. The van der Waals surface area contributed by atoms with Crippen LogP contribution in [0.25, 0.3) is 5.82 Å². The van der Waals surface area contributed by atoms with Crippen molar-refractivity contribution in [2.45, 2.75) is 33.1 Å². The lowest BCUT2D eigenvalue weighted by Gasteiger charge is -2.11. The highest BCUT2D eigenvalue weighted by Crippen LogP contribution is 2.18. The molecule has 2 N–H and O–H groups in total. The minimum absolute atomic E-state index is 0.550. The van der Waals surface area contributed by atoms with Gasteiger partial charge in [0.15, 0.2) is 0 Å². The predicted molar refractivity (Wildman–Crippen MR) is 66.9 cm³/mol. The molecule has 90 valence electrons. The number of nitrogens with zero attached hydrogens (tertiary/aromatic N) is 4. The topological polar surface area (TPSA) is 69.6 Å². The number of aromatic nitrogens is 4. The smallest absolute Gasteiger partial charge is 0.146 e. The molecule has 0 unspecified atom stereocenters. The van der Waals surface area contributed by atoms with Crippen molar-refractivity contribution in [1.82, 2.24) is 19.5 Å². The van der Waals surface area contributed by atoms with Gasteiger partial charge in [-0.3, -0.25) is 4.57 Å². The summed E-state index contributed by atoms with van der Waals surface area (Å²) in [5, 5.41) is 0. The summed E-state index contributed by atoms with van der Waals surface area (Å²) in [5.41, 5.74) is 6.85. The van der Waals surface area contributed by atoms with Crippen LogP contribution in [-0.2, 0) is 12.8 Å². The van der Waals surface area contributed by atoms with Crippen LogP contribution >= 0.6 is 0 Å². The lowest BCUT2D eigenvalue weighted by molar-refractivity contribution is 0.788. The van der Waals surface area contributed by atoms with E-state index in [1.165, 1.54) is 6.33 Å². The van der Waals surface area contributed by atoms with Crippen molar-refractivity contribution >= 4 is 5.82 Å². The Labute approximate surface area is 101 Å². The van der Waals surface area contributed by atoms with Gasteiger partial charge in [0.1, 0.15) is 23.8 Å². The molecule has 0 aliphatic rings. The lowest BCUT2D eigenvalue weighted by Crippen LogP contribution is -2.09. The molecular weight excluding hydrogens is 214 g/mol. The molecule has 0 saturated carbocycles. The molecule has 0 aromatic carbocycles. The molecule has 0 aliphatic heterocycles. The van der Waals surface area contributed by atoms with E-state index in [0.29, 0.717) is 5.82 Å². The summed E-state index contributed by atoms with van der Waals surface area (Å²) in [4.78, 5) is 12.7. The number of nitrogens with two attached hydrogens (primary N) is 1. The van der Waals surface area contributed by atoms with Crippen molar-refractivity contribution in [1.29, 1.82) is 0 Å². The summed E-state index contributed by atoms with van der Waals surface area (Å²) < 4.78 is 2.00. The normalized spacial score (nSPS) is 10.7. The first-order valence-corrected chi connectivity index (χ1v) is 5.89. The Morgan fingerprint density at radius 3 is 2.76 bits per heavy atom. The SMILES string of the molecule is CCCc1nccn1-c1ncnc(N)c1CC. The standard InChI is InChI=1S/C12H17N5/c1-3-5-10-14-6-7-17(10)12-9(4-2)11(13)15-8-16-12/h6-8H,3-5H2,1-2H3,(H2,13,15,16). The minimum Gasteiger partial charge on any atom is -0.383 e. The molecule has 2 heterocycles. The Bertz CT molecular complexity index is 503. The van der Waals surface area contributed by atoms with E-state index in [1.807, 2.05) is 10.8 Å². The van der Waals surface area contributed by atoms with Crippen LogP contribution in [-0.4, -0.2) is 19.5 Å². The Kier molecular flexibility index (Phi) is 3.37. The number of rotatable bonds is 4. The van der Waals surface area contributed by atoms with E-state index in [1.54, 1.807) is 6.20 Å². The highest BCUT2D eigenvalue weighted by Gasteiger charge is 2.12. The summed E-state index contributed by atoms with van der Waals surface area (Å²) in [7, 11) is 0. The summed E-state index contributed by atoms with van der Waals surface area (Å²) >= 11 is 0. The lowest BCUT2D eigenvalue weighted by atomic mass is 10.2. The van der Waals surface area contributed by atoms with Gasteiger partial charge in [-0.15, -0.1) is 0 Å². The van der Waals surface area contributed by atoms with E-state index >= 15 is 0 Å². The van der Waals surface area contributed by atoms with Gasteiger partial charge in [-0.05, 0) is 12.8 Å². The highest BCUT2D eigenvalue weighted by molar-refractivity contribution is 5.48. The fraction of sp³-hybridized carbons (Fsp3) is 0.417. The first-order valence-electron chi connectivity index (χ1n) is 5.89. The van der Waals surface area contributed by atoms with Crippen molar-refractivity contribution in [2.24, 2.45) is 0 Å². The fourth-order valence-corrected chi connectivity index (χ4v) is 1.90. The van der Waals surface area contributed by atoms with E-state index in [2.05, 4.69) is 28.8 Å². The van der Waals surface area contributed by atoms with Gasteiger partial charge in [0.2, 0.25) is 0 Å². The molecule has 0 bridgehead atoms. The van der Waals surface area contributed by atoms with Crippen molar-refractivity contribution < 1.29 is 0 Å². The van der Waals surface area contributed by atoms with Gasteiger partial charge >= 0.3 is 0 Å². The van der Waals surface area contributed by atoms with Crippen LogP contribution in [0, 0.1) is 0 Å². The second kappa shape index (κ2) is 4.95. The third-order valence-corrected chi connectivity index (χ3v) is 2.73. The van der Waals surface area contributed by atoms with Gasteiger partial charge in [-0.1, -0.05) is 13.8 Å². The molecular formula is C12H17N5. The molecule has 0 amide bonds. The molecule has 17 heavy (non-hydrogen) atoms. The predicted octanol–water partition coefficient (Wildman–Crippen LogP) is 1.76. The zero-order chi connectivity index (χ0) is 12.3. The summed E-state index contributed by atoms with van der Waals surface area (Å²) in [6.45, 7) is 4.18. The first-order chi connectivity index (χ1) is 8.27. The second-order valence-corrected chi connectivity index (χ2v) is 3.88. The summed E-state index contributed by atoms with van der Waals surface area (Å²) in [6.07, 6.45) is 8.01. The van der Waals surface area contributed by atoms with Crippen molar-refractivity contribution in [2.75, 3.05) is 5.73 Å². The molecule has 0 fully saturated rings. The van der Waals surface area contributed by atoms with Crippen LogP contribution in [0.1, 0.15) is 31.7 Å². The van der Waals surface area contributed by atoms with Gasteiger partial charge in [-0.2, -0.15) is 0 Å². The molecule has 0 radical (unpaired) electrons. The molecule has 0 spiro atoms. The summed E-state index contributed by atoms with van der Waals surface area (Å²) in [6, 6.07) is 0. The Balaban J connectivity index is 2.52. The van der Waals surface area contributed by atoms with E-state index < -0.39 is 0 Å². The number of imidazole rings is 1. The maximum Gasteiger partial charge on any atom is 0.146 e. The van der Waals surface area contributed by atoms with Crippen LogP contribution in [0.4, 0.5) is 5.82 Å². The third-order valence-electron chi connectivity index (χ3n) is 2.73. The van der Waals surface area contributed by atoms with Crippen LogP contribution in [0.15, 0.2) is 18.7 Å². The number of aryl methyl sites for hydroxylation is 1. The zero-order valence-corrected chi connectivity index (χ0v) is 10.2. The molecule has 2 rings (SSSR count). The van der Waals surface area contributed by atoms with Crippen LogP contribution in [0.2, 0.25) is 0 Å². The molecule has 2 aromatic heterocycles. The quantitative estimate of drug-likeness (QED) is 0.870. The Morgan fingerprint density at radius 1 is 1.24 bits per heavy atom. The number of hydrogen-bond acceptors (Lipinski definition) is 4. The van der Waals surface area contributed by atoms with Gasteiger partial charge in [0, 0.05) is 24.4 Å². The zero-order valence-electron chi connectivity index (χ0n) is 10.2. The molecule has 0 atom stereocenters. The van der Waals surface area contributed by atoms with Gasteiger partial charge in [0.05, 0.1) is 0 Å². The third kappa shape index (κ3) is 2.13. The fourth-order valence-electron chi connectivity index (χ4n) is 1.90.